The number of esters is 2. The number of hydrogen-bond acceptors (Lipinski definition) is 5. The van der Waals surface area contributed by atoms with Crippen LogP contribution in [0.1, 0.15) is 27.0 Å². The molecule has 3 aromatic carbocycles. The standard InChI is InChI=1S/C24H16FNO4/c1-15-6-2-3-7-18(15)23(27)29-17-12-10-16(11-13-17)14-21-24(28)30-22(26-21)19-8-4-5-9-20(19)25/h2-14H,1H3. The van der Waals surface area contributed by atoms with Crippen LogP contribution in [0.5, 0.6) is 5.75 Å². The van der Waals surface area contributed by atoms with E-state index in [4.69, 9.17) is 9.47 Å². The summed E-state index contributed by atoms with van der Waals surface area (Å²) in [7, 11) is 0. The lowest BCUT2D eigenvalue weighted by Gasteiger charge is -2.06. The number of cyclic esters (lactones) is 1. The topological polar surface area (TPSA) is 65.0 Å². The minimum atomic E-state index is -0.664. The molecule has 0 spiro atoms. The van der Waals surface area contributed by atoms with Gasteiger partial charge in [-0.25, -0.2) is 19.0 Å². The number of carbonyl (C=O) groups is 2. The van der Waals surface area contributed by atoms with Gasteiger partial charge in [0, 0.05) is 0 Å². The van der Waals surface area contributed by atoms with Crippen LogP contribution >= 0.6 is 0 Å². The van der Waals surface area contributed by atoms with Crippen molar-refractivity contribution in [2.45, 2.75) is 6.92 Å². The molecular formula is C24H16FNO4. The van der Waals surface area contributed by atoms with E-state index in [0.717, 1.165) is 5.56 Å². The highest BCUT2D eigenvalue weighted by molar-refractivity contribution is 6.12. The molecule has 0 aliphatic carbocycles. The first kappa shape index (κ1) is 19.3. The van der Waals surface area contributed by atoms with Crippen molar-refractivity contribution >= 4 is 23.9 Å². The second kappa shape index (κ2) is 8.13. The van der Waals surface area contributed by atoms with Crippen LogP contribution in [0.4, 0.5) is 4.39 Å². The maximum absolute atomic E-state index is 13.9. The molecule has 3 aromatic rings. The average molecular weight is 401 g/mol. The fraction of sp³-hybridized carbons (Fsp3) is 0.0417. The summed E-state index contributed by atoms with van der Waals surface area (Å²) < 4.78 is 24.4. The number of rotatable bonds is 4. The molecule has 0 aromatic heterocycles. The van der Waals surface area contributed by atoms with E-state index >= 15 is 0 Å². The van der Waals surface area contributed by atoms with Crippen molar-refractivity contribution in [3.63, 3.8) is 0 Å². The van der Waals surface area contributed by atoms with Gasteiger partial charge in [-0.05, 0) is 54.5 Å². The minimum absolute atomic E-state index is 0.0536. The van der Waals surface area contributed by atoms with Gasteiger partial charge in [0.05, 0.1) is 11.1 Å². The third-order valence-corrected chi connectivity index (χ3v) is 4.48. The lowest BCUT2D eigenvalue weighted by Crippen LogP contribution is -2.09. The number of aryl methyl sites for hydroxylation is 1. The fourth-order valence-corrected chi connectivity index (χ4v) is 2.91. The molecule has 30 heavy (non-hydrogen) atoms. The Hall–Kier alpha value is -4.06. The van der Waals surface area contributed by atoms with E-state index in [1.807, 2.05) is 19.1 Å². The van der Waals surface area contributed by atoms with E-state index < -0.39 is 17.8 Å². The molecule has 5 nitrogen and oxygen atoms in total. The molecule has 0 atom stereocenters. The van der Waals surface area contributed by atoms with Crippen molar-refractivity contribution < 1.29 is 23.5 Å². The van der Waals surface area contributed by atoms with Gasteiger partial charge >= 0.3 is 11.9 Å². The van der Waals surface area contributed by atoms with E-state index in [1.165, 1.54) is 18.2 Å². The highest BCUT2D eigenvalue weighted by Crippen LogP contribution is 2.22. The van der Waals surface area contributed by atoms with Gasteiger partial charge in [-0.15, -0.1) is 0 Å². The molecule has 0 amide bonds. The molecule has 0 fully saturated rings. The van der Waals surface area contributed by atoms with Crippen LogP contribution in [0, 0.1) is 12.7 Å². The largest absolute Gasteiger partial charge is 0.423 e. The molecule has 148 valence electrons. The predicted molar refractivity (Wildman–Crippen MR) is 110 cm³/mol. The van der Waals surface area contributed by atoms with Crippen LogP contribution in [-0.2, 0) is 9.53 Å². The van der Waals surface area contributed by atoms with Gasteiger partial charge in [-0.1, -0.05) is 42.5 Å². The number of halogens is 1. The smallest absolute Gasteiger partial charge is 0.363 e. The van der Waals surface area contributed by atoms with Crippen molar-refractivity contribution in [1.82, 2.24) is 0 Å². The van der Waals surface area contributed by atoms with Gasteiger partial charge in [0.2, 0.25) is 5.90 Å². The van der Waals surface area contributed by atoms with E-state index in [0.29, 0.717) is 16.9 Å². The zero-order valence-corrected chi connectivity index (χ0v) is 16.0. The Kier molecular flexibility index (Phi) is 5.22. The maximum atomic E-state index is 13.9. The molecule has 1 aliphatic heterocycles. The summed E-state index contributed by atoms with van der Waals surface area (Å²) in [6, 6.07) is 19.7. The molecule has 0 N–H and O–H groups in total. The molecule has 0 unspecified atom stereocenters. The summed E-state index contributed by atoms with van der Waals surface area (Å²) in [6.45, 7) is 1.84. The highest BCUT2D eigenvalue weighted by atomic mass is 19.1. The van der Waals surface area contributed by atoms with Gasteiger partial charge in [-0.2, -0.15) is 0 Å². The summed E-state index contributed by atoms with van der Waals surface area (Å²) in [5.74, 6) is -1.34. The second-order valence-corrected chi connectivity index (χ2v) is 6.59. The van der Waals surface area contributed by atoms with Crippen LogP contribution < -0.4 is 4.74 Å². The summed E-state index contributed by atoms with van der Waals surface area (Å²) >= 11 is 0. The number of hydrogen-bond donors (Lipinski definition) is 0. The molecule has 4 rings (SSSR count). The Balaban J connectivity index is 1.51. The number of nitrogens with zero attached hydrogens (tertiary/aromatic N) is 1. The van der Waals surface area contributed by atoms with E-state index in [-0.39, 0.29) is 17.2 Å². The summed E-state index contributed by atoms with van der Waals surface area (Å²) in [4.78, 5) is 28.5. The van der Waals surface area contributed by atoms with Gasteiger partial charge < -0.3 is 9.47 Å². The zero-order valence-electron chi connectivity index (χ0n) is 16.0. The van der Waals surface area contributed by atoms with E-state index in [9.17, 15) is 14.0 Å². The Bertz CT molecular complexity index is 1200. The lowest BCUT2D eigenvalue weighted by atomic mass is 10.1. The monoisotopic (exact) mass is 401 g/mol. The van der Waals surface area contributed by atoms with Gasteiger partial charge in [0.15, 0.2) is 5.70 Å². The number of benzene rings is 3. The first-order valence-electron chi connectivity index (χ1n) is 9.16. The quantitative estimate of drug-likeness (QED) is 0.361. The van der Waals surface area contributed by atoms with Gasteiger partial charge in [0.25, 0.3) is 0 Å². The normalized spacial score (nSPS) is 14.4. The van der Waals surface area contributed by atoms with Gasteiger partial charge in [-0.3, -0.25) is 0 Å². The molecule has 0 bridgehead atoms. The molecule has 0 saturated heterocycles. The molecule has 0 saturated carbocycles. The lowest BCUT2D eigenvalue weighted by molar-refractivity contribution is -0.129. The first-order chi connectivity index (χ1) is 14.5. The first-order valence-corrected chi connectivity index (χ1v) is 9.16. The maximum Gasteiger partial charge on any atom is 0.363 e. The van der Waals surface area contributed by atoms with Crippen molar-refractivity contribution in [2.75, 3.05) is 0 Å². The molecule has 0 radical (unpaired) electrons. The summed E-state index contributed by atoms with van der Waals surface area (Å²) in [6.07, 6.45) is 1.52. The molecule has 6 heteroatoms. The van der Waals surface area contributed by atoms with E-state index in [1.54, 1.807) is 48.5 Å². The zero-order chi connectivity index (χ0) is 21.1. The number of ether oxygens (including phenoxy) is 2. The Morgan fingerprint density at radius 2 is 1.70 bits per heavy atom. The third-order valence-electron chi connectivity index (χ3n) is 4.48. The average Bonchev–Trinajstić information content (AvgIpc) is 3.10. The van der Waals surface area contributed by atoms with Crippen LogP contribution in [0.2, 0.25) is 0 Å². The Labute approximate surface area is 172 Å². The third kappa shape index (κ3) is 4.03. The Morgan fingerprint density at radius 1 is 1.00 bits per heavy atom. The van der Waals surface area contributed by atoms with Crippen molar-refractivity contribution in [3.05, 3.63) is 107 Å². The minimum Gasteiger partial charge on any atom is -0.423 e. The number of carbonyl (C=O) groups excluding carboxylic acids is 2. The SMILES string of the molecule is Cc1ccccc1C(=O)Oc1ccc(C=C2N=C(c3ccccc3F)OC2=O)cc1. The molecule has 1 aliphatic rings. The van der Waals surface area contributed by atoms with Crippen LogP contribution in [0.3, 0.4) is 0 Å². The molecule has 1 heterocycles. The number of aliphatic imine (C=N–C) groups is 1. The van der Waals surface area contributed by atoms with E-state index in [2.05, 4.69) is 4.99 Å². The Morgan fingerprint density at radius 3 is 2.43 bits per heavy atom. The molecular weight excluding hydrogens is 385 g/mol. The summed E-state index contributed by atoms with van der Waals surface area (Å²) in [5.41, 5.74) is 2.14. The summed E-state index contributed by atoms with van der Waals surface area (Å²) in [5, 5.41) is 0. The van der Waals surface area contributed by atoms with Crippen LogP contribution in [-0.4, -0.2) is 17.8 Å². The second-order valence-electron chi connectivity index (χ2n) is 6.59. The van der Waals surface area contributed by atoms with Crippen LogP contribution in [0.25, 0.3) is 6.08 Å². The predicted octanol–water partition coefficient (Wildman–Crippen LogP) is 4.70. The van der Waals surface area contributed by atoms with Crippen LogP contribution in [0.15, 0.2) is 83.5 Å². The van der Waals surface area contributed by atoms with Crippen molar-refractivity contribution in [3.8, 4) is 5.75 Å². The van der Waals surface area contributed by atoms with Gasteiger partial charge in [0.1, 0.15) is 11.6 Å². The van der Waals surface area contributed by atoms with Crippen molar-refractivity contribution in [2.24, 2.45) is 4.99 Å². The van der Waals surface area contributed by atoms with Crippen molar-refractivity contribution in [1.29, 1.82) is 0 Å². The highest BCUT2D eigenvalue weighted by Gasteiger charge is 2.25. The fourth-order valence-electron chi connectivity index (χ4n) is 2.91.